The van der Waals surface area contributed by atoms with Crippen molar-refractivity contribution in [3.63, 3.8) is 0 Å². The number of hydrazine groups is 1. The Morgan fingerprint density at radius 3 is 2.65 bits per heavy atom. The Kier molecular flexibility index (Phi) is 5.59. The molecule has 3 rings (SSSR count). The minimum atomic E-state index is -0.388. The van der Waals surface area contributed by atoms with Crippen LogP contribution in [0.2, 0.25) is 0 Å². The summed E-state index contributed by atoms with van der Waals surface area (Å²) in [6, 6.07) is 3.59. The van der Waals surface area contributed by atoms with Crippen molar-refractivity contribution in [3.05, 3.63) is 28.4 Å². The molecule has 0 bridgehead atoms. The molecule has 1 aliphatic heterocycles. The second-order valence-electron chi connectivity index (χ2n) is 6.61. The summed E-state index contributed by atoms with van der Waals surface area (Å²) in [6.07, 6.45) is 1.80. The van der Waals surface area contributed by atoms with Crippen LogP contribution in [0.3, 0.4) is 0 Å². The zero-order valence-corrected chi connectivity index (χ0v) is 16.5. The van der Waals surface area contributed by atoms with Crippen molar-refractivity contribution in [2.45, 2.75) is 26.1 Å². The summed E-state index contributed by atoms with van der Waals surface area (Å²) in [4.78, 5) is 26.7. The third kappa shape index (κ3) is 4.22. The van der Waals surface area contributed by atoms with Crippen LogP contribution in [0.25, 0.3) is 10.9 Å². The average Bonchev–Trinajstić information content (AvgIpc) is 2.92. The summed E-state index contributed by atoms with van der Waals surface area (Å²) in [7, 11) is 1.81. The number of ether oxygens (including phenoxy) is 1. The molecule has 2 amide bonds. The SMILES string of the molecule is CC1CN(CC(=O)NNC(=O)c2cc(Br)cc3c2cnn3C)CC(C)O1. The summed E-state index contributed by atoms with van der Waals surface area (Å²) >= 11 is 3.40. The Morgan fingerprint density at radius 1 is 1.27 bits per heavy atom. The van der Waals surface area contributed by atoms with Gasteiger partial charge in [0.1, 0.15) is 0 Å². The van der Waals surface area contributed by atoms with E-state index in [2.05, 4.69) is 31.9 Å². The molecule has 1 aromatic carbocycles. The Hall–Kier alpha value is -1.97. The molecule has 26 heavy (non-hydrogen) atoms. The van der Waals surface area contributed by atoms with Crippen LogP contribution in [-0.4, -0.2) is 58.3 Å². The van der Waals surface area contributed by atoms with E-state index < -0.39 is 0 Å². The number of hydrogen-bond donors (Lipinski definition) is 2. The van der Waals surface area contributed by atoms with E-state index in [1.54, 1.807) is 16.9 Å². The number of nitrogens with zero attached hydrogens (tertiary/aromatic N) is 3. The molecule has 2 atom stereocenters. The van der Waals surface area contributed by atoms with Gasteiger partial charge in [0.05, 0.1) is 36.0 Å². The third-order valence-corrected chi connectivity index (χ3v) is 4.71. The molecule has 0 radical (unpaired) electrons. The number of carbonyl (C=O) groups excluding carboxylic acids is 2. The highest BCUT2D eigenvalue weighted by atomic mass is 79.9. The Labute approximate surface area is 159 Å². The van der Waals surface area contributed by atoms with E-state index in [0.717, 1.165) is 15.4 Å². The second kappa shape index (κ2) is 7.73. The highest BCUT2D eigenvalue weighted by Crippen LogP contribution is 2.23. The predicted molar refractivity (Wildman–Crippen MR) is 100 cm³/mol. The van der Waals surface area contributed by atoms with Gasteiger partial charge in [-0.25, -0.2) is 0 Å². The predicted octanol–water partition coefficient (Wildman–Crippen LogP) is 1.21. The maximum atomic E-state index is 12.5. The van der Waals surface area contributed by atoms with Gasteiger partial charge in [-0.3, -0.25) is 30.0 Å². The molecule has 9 heteroatoms. The number of benzene rings is 1. The molecule has 1 fully saturated rings. The zero-order chi connectivity index (χ0) is 18.8. The van der Waals surface area contributed by atoms with Gasteiger partial charge in [0.2, 0.25) is 0 Å². The molecule has 2 N–H and O–H groups in total. The number of aromatic nitrogens is 2. The van der Waals surface area contributed by atoms with E-state index in [1.165, 1.54) is 0 Å². The Morgan fingerprint density at radius 2 is 1.96 bits per heavy atom. The van der Waals surface area contributed by atoms with Crippen LogP contribution in [0.4, 0.5) is 0 Å². The van der Waals surface area contributed by atoms with E-state index in [4.69, 9.17) is 4.74 Å². The van der Waals surface area contributed by atoms with Gasteiger partial charge in [0.25, 0.3) is 11.8 Å². The van der Waals surface area contributed by atoms with Crippen molar-refractivity contribution < 1.29 is 14.3 Å². The summed E-state index contributed by atoms with van der Waals surface area (Å²) in [5.41, 5.74) is 6.24. The van der Waals surface area contributed by atoms with Crippen LogP contribution in [0.5, 0.6) is 0 Å². The topological polar surface area (TPSA) is 88.5 Å². The number of rotatable bonds is 3. The molecule has 1 aromatic heterocycles. The molecule has 2 aromatic rings. The van der Waals surface area contributed by atoms with Gasteiger partial charge < -0.3 is 4.74 Å². The number of halogens is 1. The molecule has 2 heterocycles. The molecular formula is C17H22BrN5O3. The molecule has 0 spiro atoms. The number of carbonyl (C=O) groups is 2. The fourth-order valence-electron chi connectivity index (χ4n) is 3.25. The number of amides is 2. The number of fused-ring (bicyclic) bond motifs is 1. The normalized spacial score (nSPS) is 20.9. The van der Waals surface area contributed by atoms with Crippen LogP contribution in [-0.2, 0) is 16.6 Å². The number of hydrogen-bond acceptors (Lipinski definition) is 5. The molecule has 1 saturated heterocycles. The largest absolute Gasteiger partial charge is 0.373 e. The molecule has 8 nitrogen and oxygen atoms in total. The van der Waals surface area contributed by atoms with Crippen molar-refractivity contribution in [3.8, 4) is 0 Å². The van der Waals surface area contributed by atoms with Crippen LogP contribution in [0.1, 0.15) is 24.2 Å². The monoisotopic (exact) mass is 423 g/mol. The van der Waals surface area contributed by atoms with E-state index in [1.807, 2.05) is 31.9 Å². The lowest BCUT2D eigenvalue weighted by Crippen LogP contribution is -2.51. The number of morpholine rings is 1. The first-order valence-corrected chi connectivity index (χ1v) is 9.21. The lowest BCUT2D eigenvalue weighted by atomic mass is 10.1. The van der Waals surface area contributed by atoms with Crippen LogP contribution in [0.15, 0.2) is 22.8 Å². The second-order valence-corrected chi connectivity index (χ2v) is 7.52. The Balaban J connectivity index is 1.61. The maximum Gasteiger partial charge on any atom is 0.270 e. The molecule has 1 aliphatic rings. The quantitative estimate of drug-likeness (QED) is 0.724. The maximum absolute atomic E-state index is 12.5. The van der Waals surface area contributed by atoms with Crippen molar-refractivity contribution >= 4 is 38.6 Å². The van der Waals surface area contributed by atoms with Crippen molar-refractivity contribution in [2.75, 3.05) is 19.6 Å². The smallest absolute Gasteiger partial charge is 0.270 e. The number of nitrogens with one attached hydrogen (secondary N) is 2. The van der Waals surface area contributed by atoms with E-state index >= 15 is 0 Å². The first-order valence-electron chi connectivity index (χ1n) is 8.41. The molecule has 0 aliphatic carbocycles. The fraction of sp³-hybridized carbons (Fsp3) is 0.471. The summed E-state index contributed by atoms with van der Waals surface area (Å²) in [5.74, 6) is -0.654. The highest BCUT2D eigenvalue weighted by molar-refractivity contribution is 9.10. The molecule has 140 valence electrons. The zero-order valence-electron chi connectivity index (χ0n) is 15.0. The van der Waals surface area contributed by atoms with E-state index in [9.17, 15) is 9.59 Å². The van der Waals surface area contributed by atoms with Gasteiger partial charge in [-0.05, 0) is 26.0 Å². The molecular weight excluding hydrogens is 402 g/mol. The lowest BCUT2D eigenvalue weighted by Gasteiger charge is -2.34. The summed E-state index contributed by atoms with van der Waals surface area (Å²) < 4.78 is 8.11. The van der Waals surface area contributed by atoms with Crippen LogP contribution < -0.4 is 10.9 Å². The lowest BCUT2D eigenvalue weighted by molar-refractivity contribution is -0.126. The standard InChI is InChI=1S/C17H22BrN5O3/c1-10-7-23(8-11(2)26-10)9-16(24)20-21-17(25)13-4-12(18)5-15-14(13)6-19-22(15)3/h4-6,10-11H,7-9H2,1-3H3,(H,20,24)(H,21,25). The summed E-state index contributed by atoms with van der Waals surface area (Å²) in [5, 5.41) is 4.90. The minimum Gasteiger partial charge on any atom is -0.373 e. The van der Waals surface area contributed by atoms with E-state index in [0.29, 0.717) is 18.7 Å². The van der Waals surface area contributed by atoms with Crippen molar-refractivity contribution in [1.82, 2.24) is 25.5 Å². The first kappa shape index (κ1) is 18.8. The van der Waals surface area contributed by atoms with Gasteiger partial charge in [-0.15, -0.1) is 0 Å². The van der Waals surface area contributed by atoms with Gasteiger partial charge in [0.15, 0.2) is 0 Å². The van der Waals surface area contributed by atoms with Crippen molar-refractivity contribution in [2.24, 2.45) is 7.05 Å². The molecule has 0 saturated carbocycles. The Bertz CT molecular complexity index is 827. The molecule has 2 unspecified atom stereocenters. The van der Waals surface area contributed by atoms with Gasteiger partial charge >= 0.3 is 0 Å². The third-order valence-electron chi connectivity index (χ3n) is 4.25. The average molecular weight is 424 g/mol. The first-order chi connectivity index (χ1) is 12.3. The van der Waals surface area contributed by atoms with Gasteiger partial charge in [-0.2, -0.15) is 5.10 Å². The summed E-state index contributed by atoms with van der Waals surface area (Å²) in [6.45, 7) is 5.55. The minimum absolute atomic E-state index is 0.0849. The van der Waals surface area contributed by atoms with E-state index in [-0.39, 0.29) is 30.6 Å². The van der Waals surface area contributed by atoms with Crippen LogP contribution in [0, 0.1) is 0 Å². The van der Waals surface area contributed by atoms with Gasteiger partial charge in [-0.1, -0.05) is 15.9 Å². The highest BCUT2D eigenvalue weighted by Gasteiger charge is 2.24. The van der Waals surface area contributed by atoms with Gasteiger partial charge in [0, 0.05) is 30.0 Å². The van der Waals surface area contributed by atoms with Crippen molar-refractivity contribution in [1.29, 1.82) is 0 Å². The van der Waals surface area contributed by atoms with Crippen LogP contribution >= 0.6 is 15.9 Å². The number of aryl methyl sites for hydroxylation is 1. The fourth-order valence-corrected chi connectivity index (χ4v) is 3.70.